The second kappa shape index (κ2) is 3.96. The number of hydrogen-bond donors (Lipinski definition) is 0. The van der Waals surface area contributed by atoms with E-state index in [9.17, 15) is 9.18 Å². The average Bonchev–Trinajstić information content (AvgIpc) is 2.10. The van der Waals surface area contributed by atoms with Crippen LogP contribution in [-0.2, 0) is 0 Å². The average molecular weight is 217 g/mol. The standard InChI is InChI=1S/C10H10ClFO2/c1-5-8(12)4-7(11)10(14-3)9(5)6(2)13/h4H,1-3H3. The molecule has 0 aromatic heterocycles. The lowest BCUT2D eigenvalue weighted by Crippen LogP contribution is -2.03. The van der Waals surface area contributed by atoms with Crippen LogP contribution in [-0.4, -0.2) is 12.9 Å². The molecule has 0 heterocycles. The van der Waals surface area contributed by atoms with Crippen LogP contribution in [0.5, 0.6) is 5.75 Å². The van der Waals surface area contributed by atoms with Gasteiger partial charge in [-0.05, 0) is 25.5 Å². The Hall–Kier alpha value is -1.09. The molecule has 0 unspecified atom stereocenters. The lowest BCUT2D eigenvalue weighted by molar-refractivity contribution is 0.101. The van der Waals surface area contributed by atoms with Crippen LogP contribution in [0.4, 0.5) is 4.39 Å². The molecule has 14 heavy (non-hydrogen) atoms. The molecule has 0 bridgehead atoms. The summed E-state index contributed by atoms with van der Waals surface area (Å²) in [7, 11) is 1.39. The Morgan fingerprint density at radius 3 is 2.57 bits per heavy atom. The number of rotatable bonds is 2. The number of ketones is 1. The van der Waals surface area contributed by atoms with Gasteiger partial charge in [-0.3, -0.25) is 4.79 Å². The third-order valence-electron chi connectivity index (χ3n) is 1.99. The van der Waals surface area contributed by atoms with Gasteiger partial charge in [0.15, 0.2) is 5.78 Å². The predicted octanol–water partition coefficient (Wildman–Crippen LogP) is 3.00. The molecule has 0 atom stereocenters. The number of halogens is 2. The number of benzene rings is 1. The van der Waals surface area contributed by atoms with Crippen LogP contribution in [0.15, 0.2) is 6.07 Å². The molecule has 2 nitrogen and oxygen atoms in total. The Bertz CT molecular complexity index is 388. The fraction of sp³-hybridized carbons (Fsp3) is 0.300. The predicted molar refractivity (Wildman–Crippen MR) is 52.7 cm³/mol. The lowest BCUT2D eigenvalue weighted by atomic mass is 10.0. The topological polar surface area (TPSA) is 26.3 Å². The van der Waals surface area contributed by atoms with Crippen molar-refractivity contribution in [3.05, 3.63) is 28.0 Å². The van der Waals surface area contributed by atoms with E-state index in [2.05, 4.69) is 0 Å². The largest absolute Gasteiger partial charge is 0.494 e. The van der Waals surface area contributed by atoms with Crippen molar-refractivity contribution in [3.63, 3.8) is 0 Å². The molecule has 4 heteroatoms. The minimum absolute atomic E-state index is 0.112. The van der Waals surface area contributed by atoms with Crippen molar-refractivity contribution in [2.45, 2.75) is 13.8 Å². The van der Waals surface area contributed by atoms with Gasteiger partial charge in [0.05, 0.1) is 17.7 Å². The van der Waals surface area contributed by atoms with E-state index in [1.54, 1.807) is 0 Å². The maximum absolute atomic E-state index is 13.2. The van der Waals surface area contributed by atoms with Gasteiger partial charge in [-0.25, -0.2) is 4.39 Å². The molecule has 0 aliphatic heterocycles. The first kappa shape index (κ1) is 11.0. The zero-order valence-electron chi connectivity index (χ0n) is 8.15. The zero-order valence-corrected chi connectivity index (χ0v) is 8.91. The molecule has 0 N–H and O–H groups in total. The highest BCUT2D eigenvalue weighted by atomic mass is 35.5. The molecule has 1 aromatic rings. The lowest BCUT2D eigenvalue weighted by Gasteiger charge is -2.11. The molecule has 76 valence electrons. The molecule has 0 amide bonds. The van der Waals surface area contributed by atoms with Crippen molar-refractivity contribution in [3.8, 4) is 5.75 Å². The van der Waals surface area contributed by atoms with E-state index in [-0.39, 0.29) is 27.7 Å². The summed E-state index contributed by atoms with van der Waals surface area (Å²) in [6.45, 7) is 2.87. The van der Waals surface area contributed by atoms with Crippen LogP contribution in [0, 0.1) is 12.7 Å². The van der Waals surface area contributed by atoms with Crippen molar-refractivity contribution >= 4 is 17.4 Å². The summed E-state index contributed by atoms with van der Waals surface area (Å²) in [6.07, 6.45) is 0. The van der Waals surface area contributed by atoms with Gasteiger partial charge < -0.3 is 4.74 Å². The van der Waals surface area contributed by atoms with Crippen LogP contribution < -0.4 is 4.74 Å². The van der Waals surface area contributed by atoms with Gasteiger partial charge >= 0.3 is 0 Å². The first-order valence-electron chi connectivity index (χ1n) is 4.02. The highest BCUT2D eigenvalue weighted by molar-refractivity contribution is 6.32. The van der Waals surface area contributed by atoms with E-state index >= 15 is 0 Å². The van der Waals surface area contributed by atoms with Gasteiger partial charge in [0, 0.05) is 0 Å². The maximum atomic E-state index is 13.2. The summed E-state index contributed by atoms with van der Waals surface area (Å²) in [5.41, 5.74) is 0.469. The summed E-state index contributed by atoms with van der Waals surface area (Å²) < 4.78 is 18.2. The third-order valence-corrected chi connectivity index (χ3v) is 2.27. The van der Waals surface area contributed by atoms with E-state index in [0.29, 0.717) is 0 Å². The summed E-state index contributed by atoms with van der Waals surface area (Å²) in [4.78, 5) is 11.2. The molecular formula is C10H10ClFO2. The molecule has 1 aromatic carbocycles. The zero-order chi connectivity index (χ0) is 10.9. The van der Waals surface area contributed by atoms with Gasteiger partial charge in [-0.1, -0.05) is 11.6 Å². The highest BCUT2D eigenvalue weighted by Gasteiger charge is 2.18. The molecule has 0 radical (unpaired) electrons. The molecule has 0 aliphatic rings. The molecular weight excluding hydrogens is 207 g/mol. The monoisotopic (exact) mass is 216 g/mol. The molecule has 0 aliphatic carbocycles. The summed E-state index contributed by atoms with van der Waals surface area (Å²) in [5, 5.41) is 0.112. The summed E-state index contributed by atoms with van der Waals surface area (Å²) in [5.74, 6) is -0.528. The Balaban J connectivity index is 3.56. The van der Waals surface area contributed by atoms with Crippen LogP contribution in [0.1, 0.15) is 22.8 Å². The van der Waals surface area contributed by atoms with Gasteiger partial charge in [0.1, 0.15) is 11.6 Å². The van der Waals surface area contributed by atoms with Crippen molar-refractivity contribution in [2.75, 3.05) is 7.11 Å². The molecule has 0 fully saturated rings. The van der Waals surface area contributed by atoms with Crippen molar-refractivity contribution in [1.29, 1.82) is 0 Å². The minimum Gasteiger partial charge on any atom is -0.494 e. The van der Waals surface area contributed by atoms with Gasteiger partial charge in [-0.2, -0.15) is 0 Å². The molecule has 1 rings (SSSR count). The number of carbonyl (C=O) groups excluding carboxylic acids is 1. The first-order chi connectivity index (χ1) is 6.49. The minimum atomic E-state index is -0.499. The number of Topliss-reactive ketones (excluding diaryl/α,β-unsaturated/α-hetero) is 1. The Labute approximate surface area is 86.6 Å². The molecule has 0 saturated heterocycles. The van der Waals surface area contributed by atoms with Crippen LogP contribution in [0.2, 0.25) is 5.02 Å². The van der Waals surface area contributed by atoms with Crippen LogP contribution in [0.25, 0.3) is 0 Å². The Kier molecular flexibility index (Phi) is 3.11. The fourth-order valence-corrected chi connectivity index (χ4v) is 1.59. The highest BCUT2D eigenvalue weighted by Crippen LogP contribution is 2.32. The van der Waals surface area contributed by atoms with Crippen LogP contribution >= 0.6 is 11.6 Å². The normalized spacial score (nSPS) is 10.1. The van der Waals surface area contributed by atoms with Crippen molar-refractivity contribution < 1.29 is 13.9 Å². The van der Waals surface area contributed by atoms with E-state index in [1.165, 1.54) is 21.0 Å². The Morgan fingerprint density at radius 2 is 2.14 bits per heavy atom. The number of ether oxygens (including phenoxy) is 1. The first-order valence-corrected chi connectivity index (χ1v) is 4.40. The van der Waals surface area contributed by atoms with Gasteiger partial charge in [-0.15, -0.1) is 0 Å². The van der Waals surface area contributed by atoms with Crippen LogP contribution in [0.3, 0.4) is 0 Å². The smallest absolute Gasteiger partial charge is 0.163 e. The van der Waals surface area contributed by atoms with E-state index in [0.717, 1.165) is 6.07 Å². The Morgan fingerprint density at radius 1 is 1.57 bits per heavy atom. The molecule has 0 saturated carbocycles. The molecule has 0 spiro atoms. The summed E-state index contributed by atoms with van der Waals surface area (Å²) in [6, 6.07) is 1.14. The second-order valence-corrected chi connectivity index (χ2v) is 3.34. The maximum Gasteiger partial charge on any atom is 0.163 e. The second-order valence-electron chi connectivity index (χ2n) is 2.93. The number of methoxy groups -OCH3 is 1. The quantitative estimate of drug-likeness (QED) is 0.711. The van der Waals surface area contributed by atoms with Crippen molar-refractivity contribution in [1.82, 2.24) is 0 Å². The van der Waals surface area contributed by atoms with E-state index < -0.39 is 5.82 Å². The van der Waals surface area contributed by atoms with Crippen molar-refractivity contribution in [2.24, 2.45) is 0 Å². The SMILES string of the molecule is COc1c(Cl)cc(F)c(C)c1C(C)=O. The van der Waals surface area contributed by atoms with Gasteiger partial charge in [0.2, 0.25) is 0 Å². The van der Waals surface area contributed by atoms with Gasteiger partial charge in [0.25, 0.3) is 0 Å². The number of carbonyl (C=O) groups is 1. The number of hydrogen-bond acceptors (Lipinski definition) is 2. The van der Waals surface area contributed by atoms with E-state index in [1.807, 2.05) is 0 Å². The summed E-state index contributed by atoms with van der Waals surface area (Å²) >= 11 is 5.73. The third kappa shape index (κ3) is 1.73. The van der Waals surface area contributed by atoms with E-state index in [4.69, 9.17) is 16.3 Å². The fourth-order valence-electron chi connectivity index (χ4n) is 1.32.